The Labute approximate surface area is 64.0 Å². The first-order valence-electron chi connectivity index (χ1n) is 2.79. The number of rotatable bonds is 2. The molecular formula is C5H12Cl2Si. The Morgan fingerprint density at radius 2 is 1.88 bits per heavy atom. The minimum Gasteiger partial charge on any atom is -0.105 e. The van der Waals surface area contributed by atoms with E-state index in [0.717, 1.165) is 6.04 Å². The van der Waals surface area contributed by atoms with Crippen molar-refractivity contribution in [3.63, 3.8) is 0 Å². The molecule has 3 heteroatoms. The van der Waals surface area contributed by atoms with Gasteiger partial charge in [-0.2, -0.15) is 0 Å². The molecule has 8 heavy (non-hydrogen) atoms. The summed E-state index contributed by atoms with van der Waals surface area (Å²) in [5, 5.41) is 0. The number of alkyl halides is 2. The zero-order valence-corrected chi connectivity index (χ0v) is 9.05. The van der Waals surface area contributed by atoms with E-state index in [0.29, 0.717) is 0 Å². The molecule has 0 amide bonds. The maximum Gasteiger partial charge on any atom is 0.112 e. The van der Waals surface area contributed by atoms with E-state index in [1.807, 2.05) is 0 Å². The molecule has 0 heterocycles. The van der Waals surface area contributed by atoms with Crippen LogP contribution < -0.4 is 0 Å². The standard InChI is InChI=1S/C5H12Cl2Si/c1-5(2,3-8)4(6)7/h4H,3H2,1-2,8H3. The largest absolute Gasteiger partial charge is 0.112 e. The summed E-state index contributed by atoms with van der Waals surface area (Å²) in [6.07, 6.45) is 0. The van der Waals surface area contributed by atoms with Gasteiger partial charge in [-0.05, 0) is 5.41 Å². The summed E-state index contributed by atoms with van der Waals surface area (Å²) in [5.74, 6) is 0. The monoisotopic (exact) mass is 170 g/mol. The normalized spacial score (nSPS) is 13.1. The van der Waals surface area contributed by atoms with Crippen LogP contribution in [0.15, 0.2) is 0 Å². The van der Waals surface area contributed by atoms with Gasteiger partial charge in [0, 0.05) is 10.2 Å². The molecule has 0 aliphatic carbocycles. The van der Waals surface area contributed by atoms with Crippen LogP contribution in [-0.2, 0) is 0 Å². The van der Waals surface area contributed by atoms with Crippen LogP contribution in [0.1, 0.15) is 13.8 Å². The van der Waals surface area contributed by atoms with Crippen LogP contribution in [0.3, 0.4) is 0 Å². The van der Waals surface area contributed by atoms with Gasteiger partial charge in [0.1, 0.15) is 4.84 Å². The van der Waals surface area contributed by atoms with E-state index in [9.17, 15) is 0 Å². The lowest BCUT2D eigenvalue weighted by atomic mass is 10.00. The van der Waals surface area contributed by atoms with Gasteiger partial charge in [-0.1, -0.05) is 19.9 Å². The molecule has 0 bridgehead atoms. The lowest BCUT2D eigenvalue weighted by Crippen LogP contribution is -2.18. The van der Waals surface area contributed by atoms with Crippen molar-refractivity contribution >= 4 is 33.4 Å². The maximum atomic E-state index is 5.66. The Morgan fingerprint density at radius 3 is 1.88 bits per heavy atom. The highest BCUT2D eigenvalue weighted by atomic mass is 35.5. The van der Waals surface area contributed by atoms with Crippen molar-refractivity contribution in [3.05, 3.63) is 0 Å². The summed E-state index contributed by atoms with van der Waals surface area (Å²) < 4.78 is 0. The molecule has 0 fully saturated rings. The van der Waals surface area contributed by atoms with E-state index in [2.05, 4.69) is 13.8 Å². The molecule has 0 nitrogen and oxygen atoms in total. The summed E-state index contributed by atoms with van der Waals surface area (Å²) in [4.78, 5) is -0.208. The van der Waals surface area contributed by atoms with Gasteiger partial charge in [0.2, 0.25) is 0 Å². The van der Waals surface area contributed by atoms with Crippen LogP contribution >= 0.6 is 23.2 Å². The van der Waals surface area contributed by atoms with Crippen molar-refractivity contribution in [2.75, 3.05) is 0 Å². The highest BCUT2D eigenvalue weighted by Crippen LogP contribution is 2.30. The van der Waals surface area contributed by atoms with E-state index in [4.69, 9.17) is 23.2 Å². The van der Waals surface area contributed by atoms with Crippen LogP contribution in [-0.4, -0.2) is 15.1 Å². The van der Waals surface area contributed by atoms with E-state index < -0.39 is 0 Å². The van der Waals surface area contributed by atoms with Gasteiger partial charge in [0.25, 0.3) is 0 Å². The maximum absolute atomic E-state index is 5.66. The Bertz CT molecular complexity index is 70.8. The third-order valence-corrected chi connectivity index (χ3v) is 4.51. The van der Waals surface area contributed by atoms with Crippen LogP contribution in [0.5, 0.6) is 0 Å². The molecule has 0 saturated carbocycles. The lowest BCUT2D eigenvalue weighted by Gasteiger charge is -2.23. The molecule has 0 aromatic carbocycles. The first kappa shape index (κ1) is 8.80. The van der Waals surface area contributed by atoms with E-state index in [1.165, 1.54) is 10.2 Å². The Hall–Kier alpha value is 0.797. The number of hydrogen-bond acceptors (Lipinski definition) is 0. The molecule has 0 aromatic rings. The predicted octanol–water partition coefficient (Wildman–Crippen LogP) is 1.60. The van der Waals surface area contributed by atoms with Crippen LogP contribution in [0, 0.1) is 5.41 Å². The zero-order chi connectivity index (χ0) is 6.78. The summed E-state index contributed by atoms with van der Waals surface area (Å²) in [7, 11) is 1.18. The van der Waals surface area contributed by atoms with Gasteiger partial charge in [0.05, 0.1) is 0 Å². The Morgan fingerprint density at radius 1 is 1.50 bits per heavy atom. The fraction of sp³-hybridized carbons (Fsp3) is 1.00. The fourth-order valence-corrected chi connectivity index (χ4v) is 1.39. The molecule has 0 unspecified atom stereocenters. The third kappa shape index (κ3) is 2.38. The van der Waals surface area contributed by atoms with Crippen molar-refractivity contribution in [1.82, 2.24) is 0 Å². The van der Waals surface area contributed by atoms with Crippen molar-refractivity contribution in [1.29, 1.82) is 0 Å². The second-order valence-corrected chi connectivity index (χ2v) is 4.45. The summed E-state index contributed by atoms with van der Waals surface area (Å²) in [6, 6.07) is 1.16. The Balaban J connectivity index is 3.71. The summed E-state index contributed by atoms with van der Waals surface area (Å²) in [5.41, 5.74) is 0.134. The quantitative estimate of drug-likeness (QED) is 0.437. The highest BCUT2D eigenvalue weighted by Gasteiger charge is 2.22. The van der Waals surface area contributed by atoms with Gasteiger partial charge in [0.15, 0.2) is 0 Å². The third-order valence-electron chi connectivity index (χ3n) is 1.50. The van der Waals surface area contributed by atoms with Crippen LogP contribution in [0.25, 0.3) is 0 Å². The van der Waals surface area contributed by atoms with E-state index in [1.54, 1.807) is 0 Å². The van der Waals surface area contributed by atoms with Gasteiger partial charge < -0.3 is 0 Å². The Kier molecular flexibility index (Phi) is 3.40. The average Bonchev–Trinajstić information content (AvgIpc) is 1.67. The highest BCUT2D eigenvalue weighted by molar-refractivity contribution is 6.45. The van der Waals surface area contributed by atoms with Gasteiger partial charge in [-0.15, -0.1) is 23.2 Å². The molecular weight excluding hydrogens is 159 g/mol. The zero-order valence-electron chi connectivity index (χ0n) is 5.54. The lowest BCUT2D eigenvalue weighted by molar-refractivity contribution is 0.451. The van der Waals surface area contributed by atoms with Crippen molar-refractivity contribution in [3.8, 4) is 0 Å². The minimum absolute atomic E-state index is 0.134. The van der Waals surface area contributed by atoms with Crippen molar-refractivity contribution in [2.45, 2.75) is 24.7 Å². The molecule has 0 aromatic heterocycles. The van der Waals surface area contributed by atoms with Gasteiger partial charge >= 0.3 is 0 Å². The molecule has 0 saturated heterocycles. The SMILES string of the molecule is CC(C)(C[SiH3])C(Cl)Cl. The van der Waals surface area contributed by atoms with E-state index >= 15 is 0 Å². The topological polar surface area (TPSA) is 0 Å². The molecule has 0 N–H and O–H groups in total. The smallest absolute Gasteiger partial charge is 0.105 e. The number of hydrogen-bond donors (Lipinski definition) is 0. The second-order valence-electron chi connectivity index (χ2n) is 2.64. The molecule has 0 aliphatic heterocycles. The number of halogens is 2. The van der Waals surface area contributed by atoms with Crippen molar-refractivity contribution in [2.24, 2.45) is 5.41 Å². The fourth-order valence-electron chi connectivity index (χ4n) is 0.154. The van der Waals surface area contributed by atoms with Crippen molar-refractivity contribution < 1.29 is 0 Å². The van der Waals surface area contributed by atoms with Gasteiger partial charge in [-0.25, -0.2) is 0 Å². The minimum atomic E-state index is -0.208. The summed E-state index contributed by atoms with van der Waals surface area (Å²) in [6.45, 7) is 4.18. The molecule has 0 radical (unpaired) electrons. The predicted molar refractivity (Wildman–Crippen MR) is 44.0 cm³/mol. The first-order valence-corrected chi connectivity index (χ1v) is 5.07. The molecule has 50 valence electrons. The average molecular weight is 171 g/mol. The van der Waals surface area contributed by atoms with Crippen LogP contribution in [0.2, 0.25) is 6.04 Å². The molecule has 0 atom stereocenters. The first-order chi connectivity index (χ1) is 3.50. The molecule has 0 aliphatic rings. The molecule has 0 spiro atoms. The van der Waals surface area contributed by atoms with Gasteiger partial charge in [-0.3, -0.25) is 0 Å². The van der Waals surface area contributed by atoms with Crippen LogP contribution in [0.4, 0.5) is 0 Å². The second kappa shape index (κ2) is 3.09. The van der Waals surface area contributed by atoms with E-state index in [-0.39, 0.29) is 10.3 Å². The molecule has 0 rings (SSSR count). The summed E-state index contributed by atoms with van der Waals surface area (Å²) >= 11 is 11.3.